The average molecular weight is 1320 g/mol. The standard InChI is InChI=1S/C80H85N7O11/c1-39-26-48-57(53(89)27-39)64(92)59-54-30-47-46(58(59)63(48)91)17-25-83-71(47)84-35-56(90)77-37-74(20-4-5-21-74)51-11-7-9-42-8-6-10-43-32-76(22-16-45(88)29-44(76)28-40-12-14-41(15-13-40)70(81)82)66-67(86-38-85-66)79(42,43)55-31-49(60(51)77)62(87-55)50-33-78(97-54)68(94)65(93)69(95)80(98-78)61(50)52(77)34-75(72(80)96)24-23-73(36-75)18-2-3-19-73/h12-15,17,25-27,30-31,33,38,42-44,51,56,60,65,68-70,72,87,89-90,93-96H,2-6,8-10,16,18-24,28-29,32,34-37,81-82H2,1H3,(H,83,84)(H,85,86). The largest absolute Gasteiger partial charge is 0.507 e. The number of anilines is 1. The number of ketones is 3. The number of aliphatic hydroxyl groups excluding tert-OH is 5. The van der Waals surface area contributed by atoms with Crippen LogP contribution in [-0.4, -0.2) is 116 Å². The van der Waals surface area contributed by atoms with Gasteiger partial charge in [-0.1, -0.05) is 67.9 Å². The Balaban J connectivity index is 0.882. The zero-order valence-corrected chi connectivity index (χ0v) is 55.3. The van der Waals surface area contributed by atoms with E-state index in [0.29, 0.717) is 96.8 Å². The van der Waals surface area contributed by atoms with Crippen molar-refractivity contribution in [3.63, 3.8) is 0 Å². The van der Waals surface area contributed by atoms with E-state index in [4.69, 9.17) is 30.9 Å². The Bertz CT molecular complexity index is 4680. The number of fused-ring (bicyclic) bond motifs is 9. The third-order valence-electron chi connectivity index (χ3n) is 29.1. The smallest absolute Gasteiger partial charge is 0.261 e. The molecule has 13 N–H and O–H groups in total. The molecule has 0 radical (unpaired) electrons. The lowest BCUT2D eigenvalue weighted by atomic mass is 9.45. The van der Waals surface area contributed by atoms with Crippen LogP contribution in [0.15, 0.2) is 84.3 Å². The van der Waals surface area contributed by atoms with Gasteiger partial charge >= 0.3 is 0 Å². The number of H-pyrrole nitrogens is 2. The number of benzene rings is 3. The number of carbonyl (C=O) groups excluding carboxylic acids is 3. The molecule has 11 aliphatic carbocycles. The highest BCUT2D eigenvalue weighted by Gasteiger charge is 2.78. The van der Waals surface area contributed by atoms with Crippen molar-refractivity contribution in [3.8, 4) is 23.3 Å². The maximum absolute atomic E-state index is 15.7. The number of carbonyl (C=O) groups is 3. The highest BCUT2D eigenvalue weighted by molar-refractivity contribution is 6.34. The third-order valence-corrected chi connectivity index (χ3v) is 29.1. The summed E-state index contributed by atoms with van der Waals surface area (Å²) in [6.45, 7) is 1.68. The van der Waals surface area contributed by atoms with Crippen LogP contribution in [0.1, 0.15) is 224 Å². The van der Waals surface area contributed by atoms with Gasteiger partial charge in [0.15, 0.2) is 17.5 Å². The number of nitrogens with zero attached hydrogens (tertiary/aromatic N) is 2. The van der Waals surface area contributed by atoms with E-state index in [1.54, 1.807) is 37.4 Å². The molecule has 8 spiro atoms. The number of aliphatic hydroxyl groups is 5. The molecule has 16 unspecified atom stereocenters. The van der Waals surface area contributed by atoms with Crippen LogP contribution in [0.2, 0.25) is 0 Å². The first-order valence-corrected chi connectivity index (χ1v) is 36.5. The van der Waals surface area contributed by atoms with Crippen molar-refractivity contribution in [3.05, 3.63) is 152 Å². The van der Waals surface area contributed by atoms with Crippen molar-refractivity contribution in [1.29, 1.82) is 0 Å². The molecule has 506 valence electrons. The molecule has 98 heavy (non-hydrogen) atoms. The van der Waals surface area contributed by atoms with Crippen molar-refractivity contribution < 1.29 is 54.5 Å². The van der Waals surface area contributed by atoms with E-state index in [0.717, 1.165) is 123 Å². The van der Waals surface area contributed by atoms with Gasteiger partial charge in [0.1, 0.15) is 35.3 Å². The number of ether oxygens (including phenoxy) is 2. The van der Waals surface area contributed by atoms with Gasteiger partial charge in [-0.25, -0.2) is 9.97 Å². The molecule has 16 atom stereocenters. The Morgan fingerprint density at radius 3 is 2.41 bits per heavy atom. The lowest BCUT2D eigenvalue weighted by Gasteiger charge is -2.64. The minimum atomic E-state index is -2.55. The molecule has 0 amide bonds. The number of imidazole rings is 1. The first kappa shape index (κ1) is 60.6. The molecule has 15 aliphatic rings. The average Bonchev–Trinajstić information content (AvgIpc) is 1.42. The van der Waals surface area contributed by atoms with Gasteiger partial charge in [0.05, 0.1) is 52.6 Å². The highest BCUT2D eigenvalue weighted by atomic mass is 16.7. The SMILES string of the molecule is Cc1cc(O)c2c(c1)C(=O)c1c(c3cc4c(nccc14)NCC(O)C14CC5(CCCC5)C5C#CCC6CCCC7CC8(CCC(=O)CC8Cc8ccc(C(N)N)cc8)c8nc[nH]c8C67c6cc(c([nH]6)C6=CC7(O3)OC3(C6=C1CC1(CCC6(CCCC6)C1)C3O)C(O)C(O)C7O)C54)C2=O. The molecule has 21 rings (SSSR count). The second-order valence-electron chi connectivity index (χ2n) is 33.3. The summed E-state index contributed by atoms with van der Waals surface area (Å²) >= 11 is 0. The van der Waals surface area contributed by atoms with Crippen molar-refractivity contribution in [2.75, 3.05) is 11.9 Å². The maximum atomic E-state index is 15.7. The summed E-state index contributed by atoms with van der Waals surface area (Å²) in [5.74, 6) is 3.39. The number of hydrogen-bond donors (Lipinski definition) is 11. The lowest BCUT2D eigenvalue weighted by molar-refractivity contribution is -0.366. The van der Waals surface area contributed by atoms with E-state index in [9.17, 15) is 35.4 Å². The molecule has 10 bridgehead atoms. The zero-order chi connectivity index (χ0) is 66.7. The van der Waals surface area contributed by atoms with Crippen molar-refractivity contribution >= 4 is 39.5 Å². The van der Waals surface area contributed by atoms with Gasteiger partial charge in [-0.2, -0.15) is 0 Å². The fraction of sp³-hybridized carbons (Fsp3) is 0.537. The Morgan fingerprint density at radius 1 is 0.806 bits per heavy atom. The number of nitrogens with two attached hydrogens (primary N) is 2. The molecular weight excluding hydrogens is 1230 g/mol. The molecule has 3 aromatic carbocycles. The predicted octanol–water partition coefficient (Wildman–Crippen LogP) is 9.62. The predicted molar refractivity (Wildman–Crippen MR) is 361 cm³/mol. The Kier molecular flexibility index (Phi) is 12.5. The van der Waals surface area contributed by atoms with Crippen molar-refractivity contribution in [1.82, 2.24) is 19.9 Å². The summed E-state index contributed by atoms with van der Waals surface area (Å²) in [5, 5.41) is 86.0. The van der Waals surface area contributed by atoms with Gasteiger partial charge in [0.25, 0.3) is 5.79 Å². The van der Waals surface area contributed by atoms with Crippen LogP contribution in [0.5, 0.6) is 11.5 Å². The van der Waals surface area contributed by atoms with Crippen molar-refractivity contribution in [2.45, 2.75) is 213 Å². The first-order valence-electron chi connectivity index (χ1n) is 36.5. The van der Waals surface area contributed by atoms with E-state index in [2.05, 4.69) is 45.3 Å². The molecule has 18 heteroatoms. The lowest BCUT2D eigenvalue weighted by Crippen LogP contribution is -2.79. The fourth-order valence-corrected chi connectivity index (χ4v) is 25.2. The van der Waals surface area contributed by atoms with Crippen LogP contribution in [0, 0.1) is 64.1 Å². The molecule has 7 heterocycles. The van der Waals surface area contributed by atoms with Crippen molar-refractivity contribution in [2.24, 2.45) is 56.8 Å². The van der Waals surface area contributed by atoms with Gasteiger partial charge in [-0.05, 0) is 195 Å². The number of hydrogen-bond acceptors (Lipinski definition) is 16. The number of aromatic nitrogens is 4. The number of pyridine rings is 1. The summed E-state index contributed by atoms with van der Waals surface area (Å²) in [6.07, 6.45) is 12.5. The summed E-state index contributed by atoms with van der Waals surface area (Å²) in [5.41, 5.74) is 14.4. The third kappa shape index (κ3) is 7.44. The summed E-state index contributed by atoms with van der Waals surface area (Å²) in [6, 6.07) is 16.8. The number of phenols is 1. The van der Waals surface area contributed by atoms with E-state index in [1.165, 1.54) is 6.07 Å². The van der Waals surface area contributed by atoms with E-state index >= 15 is 9.59 Å². The number of aromatic hydroxyl groups is 1. The van der Waals surface area contributed by atoms with Crippen LogP contribution in [0.25, 0.3) is 16.3 Å². The van der Waals surface area contributed by atoms with Gasteiger partial charge < -0.3 is 66.9 Å². The minimum Gasteiger partial charge on any atom is -0.507 e. The Morgan fingerprint density at radius 2 is 1.60 bits per heavy atom. The van der Waals surface area contributed by atoms with Gasteiger partial charge in [-0.15, -0.1) is 5.92 Å². The molecule has 18 nitrogen and oxygen atoms in total. The van der Waals surface area contributed by atoms with Gasteiger partial charge in [-0.3, -0.25) is 14.4 Å². The number of aryl methyl sites for hydroxylation is 1. The minimum absolute atomic E-state index is 0.00115. The summed E-state index contributed by atoms with van der Waals surface area (Å²) < 4.78 is 15.3. The zero-order valence-electron chi connectivity index (χ0n) is 55.3. The normalized spacial score (nSPS) is 38.3. The fourth-order valence-electron chi connectivity index (χ4n) is 25.2. The monoisotopic (exact) mass is 1320 g/mol. The van der Waals surface area contributed by atoms with Crippen LogP contribution < -0.4 is 21.5 Å². The molecule has 6 saturated carbocycles. The number of aromatic amines is 2. The molecule has 7 fully saturated rings. The summed E-state index contributed by atoms with van der Waals surface area (Å²) in [4.78, 5) is 63.9. The van der Waals surface area contributed by atoms with Gasteiger partial charge in [0, 0.05) is 93.6 Å². The molecule has 4 aliphatic heterocycles. The van der Waals surface area contributed by atoms with Crippen LogP contribution in [0.3, 0.4) is 0 Å². The quantitative estimate of drug-likeness (QED) is 0.0579. The number of Topliss-reactive ketones (excluding diaryl/α,β-unsaturated/α-hetero) is 1. The molecule has 3 aromatic heterocycles. The summed E-state index contributed by atoms with van der Waals surface area (Å²) in [7, 11) is 0. The number of rotatable bonds is 3. The Labute approximate surface area is 567 Å². The maximum Gasteiger partial charge on any atom is 0.261 e. The second-order valence-corrected chi connectivity index (χ2v) is 33.3. The molecule has 6 aromatic rings. The second kappa shape index (κ2) is 20.2. The topological polar surface area (TPSA) is 312 Å². The van der Waals surface area contributed by atoms with Gasteiger partial charge in [0.2, 0.25) is 5.78 Å². The molecule has 1 saturated heterocycles. The molecular formula is C80H85N7O11. The van der Waals surface area contributed by atoms with Crippen LogP contribution in [-0.2, 0) is 26.8 Å². The van der Waals surface area contributed by atoms with Crippen LogP contribution in [0.4, 0.5) is 5.82 Å². The van der Waals surface area contributed by atoms with E-state index in [-0.39, 0.29) is 69.4 Å². The highest BCUT2D eigenvalue weighted by Crippen LogP contribution is 2.79. The Hall–Kier alpha value is -7.31. The van der Waals surface area contributed by atoms with E-state index < -0.39 is 98.4 Å². The number of phenolic OH excluding ortho intramolecular Hbond substituents is 1. The first-order chi connectivity index (χ1) is 47.2. The van der Waals surface area contributed by atoms with E-state index in [1.807, 2.05) is 18.5 Å². The number of nitrogens with one attached hydrogen (secondary N) is 3. The van der Waals surface area contributed by atoms with Crippen LogP contribution >= 0.6 is 0 Å².